The van der Waals surface area contributed by atoms with E-state index < -0.39 is 0 Å². The largest absolute Gasteiger partial charge is 0.382 e. The number of hydrogen-bond donors (Lipinski definition) is 3. The molecule has 2 rings (SSSR count). The van der Waals surface area contributed by atoms with E-state index in [1.807, 2.05) is 0 Å². The van der Waals surface area contributed by atoms with Crippen molar-refractivity contribution in [1.82, 2.24) is 9.88 Å². The average molecular weight is 269 g/mol. The van der Waals surface area contributed by atoms with Gasteiger partial charge in [0.15, 0.2) is 5.13 Å². The van der Waals surface area contributed by atoms with Gasteiger partial charge in [-0.2, -0.15) is 0 Å². The summed E-state index contributed by atoms with van der Waals surface area (Å²) >= 11 is 1.21. The summed E-state index contributed by atoms with van der Waals surface area (Å²) in [6.07, 6.45) is 0.610. The molecule has 5 N–H and O–H groups in total. The number of nitrogens with two attached hydrogens (primary N) is 2. The maximum Gasteiger partial charge on any atom is 0.267 e. The molecule has 0 radical (unpaired) electrons. The Hall–Kier alpha value is -1.83. The molecule has 0 aromatic carbocycles. The molecule has 1 aliphatic heterocycles. The molecule has 1 unspecified atom stereocenters. The molecule has 1 atom stereocenters. The Balaban J connectivity index is 2.12. The summed E-state index contributed by atoms with van der Waals surface area (Å²) in [5.41, 5.74) is 10.9. The predicted octanol–water partition coefficient (Wildman–Crippen LogP) is -0.286. The van der Waals surface area contributed by atoms with Gasteiger partial charge in [-0.05, 0) is 6.42 Å². The van der Waals surface area contributed by atoms with E-state index in [2.05, 4.69) is 10.3 Å². The van der Waals surface area contributed by atoms with E-state index in [0.29, 0.717) is 29.5 Å². The van der Waals surface area contributed by atoms with E-state index in [9.17, 15) is 9.59 Å². The van der Waals surface area contributed by atoms with Crippen molar-refractivity contribution in [1.29, 1.82) is 0 Å². The lowest BCUT2D eigenvalue weighted by atomic mass is 10.1. The van der Waals surface area contributed by atoms with Crippen LogP contribution in [0.15, 0.2) is 0 Å². The molecule has 1 aliphatic rings. The number of carbonyl (C=O) groups is 2. The second-order valence-corrected chi connectivity index (χ2v) is 5.12. The Labute approximate surface area is 108 Å². The Kier molecular flexibility index (Phi) is 3.37. The summed E-state index contributed by atoms with van der Waals surface area (Å²) in [6.45, 7) is 0.888. The molecule has 7 nitrogen and oxygen atoms in total. The van der Waals surface area contributed by atoms with Gasteiger partial charge in [-0.3, -0.25) is 9.59 Å². The minimum Gasteiger partial charge on any atom is -0.382 e. The van der Waals surface area contributed by atoms with Crippen molar-refractivity contribution in [2.75, 3.05) is 31.2 Å². The first-order chi connectivity index (χ1) is 8.52. The van der Waals surface area contributed by atoms with Gasteiger partial charge >= 0.3 is 0 Å². The van der Waals surface area contributed by atoms with Gasteiger partial charge in [0.1, 0.15) is 10.7 Å². The van der Waals surface area contributed by atoms with Gasteiger partial charge in [0.05, 0.1) is 5.92 Å². The van der Waals surface area contributed by atoms with Crippen LogP contribution in [0.3, 0.4) is 0 Å². The highest BCUT2D eigenvalue weighted by Gasteiger charge is 2.32. The summed E-state index contributed by atoms with van der Waals surface area (Å²) < 4.78 is 0. The van der Waals surface area contributed by atoms with Crippen LogP contribution in [0.4, 0.5) is 10.9 Å². The highest BCUT2D eigenvalue weighted by atomic mass is 32.1. The summed E-state index contributed by atoms with van der Waals surface area (Å²) in [7, 11) is 1.71. The molecule has 98 valence electrons. The lowest BCUT2D eigenvalue weighted by molar-refractivity contribution is -0.121. The minimum absolute atomic E-state index is 0.185. The fraction of sp³-hybridized carbons (Fsp3) is 0.500. The van der Waals surface area contributed by atoms with Gasteiger partial charge in [0.25, 0.3) is 5.91 Å². The topological polar surface area (TPSA) is 114 Å². The molecule has 1 aromatic heterocycles. The number of nitrogen functional groups attached to an aromatic ring is 1. The Morgan fingerprint density at radius 1 is 1.56 bits per heavy atom. The van der Waals surface area contributed by atoms with Crippen molar-refractivity contribution < 1.29 is 9.59 Å². The lowest BCUT2D eigenvalue weighted by Gasteiger charge is -2.14. The number of anilines is 2. The second-order valence-electron chi connectivity index (χ2n) is 4.12. The van der Waals surface area contributed by atoms with Crippen LogP contribution in [0, 0.1) is 5.92 Å². The van der Waals surface area contributed by atoms with Crippen LogP contribution in [0.25, 0.3) is 0 Å². The molecule has 1 saturated heterocycles. The van der Waals surface area contributed by atoms with E-state index >= 15 is 0 Å². The number of nitrogens with zero attached hydrogens (tertiary/aromatic N) is 2. The van der Waals surface area contributed by atoms with E-state index in [0.717, 1.165) is 0 Å². The Morgan fingerprint density at radius 2 is 2.28 bits per heavy atom. The number of nitrogens with one attached hydrogen (secondary N) is 1. The van der Waals surface area contributed by atoms with Gasteiger partial charge in [0.2, 0.25) is 5.91 Å². The quantitative estimate of drug-likeness (QED) is 0.698. The Bertz CT molecular complexity index is 487. The molecular weight excluding hydrogens is 254 g/mol. The first kappa shape index (κ1) is 12.6. The molecule has 0 spiro atoms. The zero-order chi connectivity index (χ0) is 13.3. The van der Waals surface area contributed by atoms with Crippen LogP contribution in [0.5, 0.6) is 0 Å². The van der Waals surface area contributed by atoms with Crippen LogP contribution in [0.1, 0.15) is 16.1 Å². The van der Waals surface area contributed by atoms with Gasteiger partial charge in [-0.15, -0.1) is 0 Å². The monoisotopic (exact) mass is 269 g/mol. The third kappa shape index (κ3) is 2.23. The molecule has 0 bridgehead atoms. The van der Waals surface area contributed by atoms with E-state index in [1.54, 1.807) is 11.9 Å². The highest BCUT2D eigenvalue weighted by molar-refractivity contribution is 7.18. The molecule has 18 heavy (non-hydrogen) atoms. The first-order valence-electron chi connectivity index (χ1n) is 5.55. The third-order valence-electron chi connectivity index (χ3n) is 2.94. The number of aromatic nitrogens is 1. The van der Waals surface area contributed by atoms with Crippen LogP contribution in [0.2, 0.25) is 0 Å². The summed E-state index contributed by atoms with van der Waals surface area (Å²) in [4.78, 5) is 29.3. The van der Waals surface area contributed by atoms with Crippen LogP contribution in [-0.4, -0.2) is 41.8 Å². The minimum atomic E-state index is -0.363. The van der Waals surface area contributed by atoms with Gasteiger partial charge in [0, 0.05) is 20.1 Å². The summed E-state index contributed by atoms with van der Waals surface area (Å²) in [5.74, 6) is -0.586. The number of likely N-dealkylation sites (tertiary alicyclic amines) is 1. The van der Waals surface area contributed by atoms with Gasteiger partial charge in [-0.1, -0.05) is 11.3 Å². The maximum atomic E-state index is 12.2. The molecule has 2 amide bonds. The number of hydrogen-bond acceptors (Lipinski definition) is 6. The highest BCUT2D eigenvalue weighted by Crippen LogP contribution is 2.28. The van der Waals surface area contributed by atoms with Gasteiger partial charge in [-0.25, -0.2) is 4.98 Å². The fourth-order valence-electron chi connectivity index (χ4n) is 1.91. The molecule has 8 heteroatoms. The van der Waals surface area contributed by atoms with Crippen LogP contribution >= 0.6 is 11.3 Å². The fourth-order valence-corrected chi connectivity index (χ4v) is 2.72. The predicted molar refractivity (Wildman–Crippen MR) is 69.3 cm³/mol. The molecule has 0 saturated carbocycles. The molecule has 2 heterocycles. The van der Waals surface area contributed by atoms with Crippen molar-refractivity contribution in [2.24, 2.45) is 11.7 Å². The zero-order valence-corrected chi connectivity index (χ0v) is 10.8. The van der Waals surface area contributed by atoms with E-state index in [1.165, 1.54) is 11.3 Å². The standard InChI is InChI=1S/C10H15N5O2S/c1-13-10-14-7(11)6(18-10)9(17)15-3-2-5(4-15)8(12)16/h5H,2-4,11H2,1H3,(H2,12,16)(H,13,14). The summed E-state index contributed by atoms with van der Waals surface area (Å²) in [6, 6.07) is 0. The molecule has 1 aromatic rings. The normalized spacial score (nSPS) is 18.9. The third-order valence-corrected chi connectivity index (χ3v) is 4.02. The number of amides is 2. The van der Waals surface area contributed by atoms with Crippen molar-refractivity contribution in [3.63, 3.8) is 0 Å². The van der Waals surface area contributed by atoms with Crippen LogP contribution in [-0.2, 0) is 4.79 Å². The van der Waals surface area contributed by atoms with Crippen molar-refractivity contribution >= 4 is 34.1 Å². The number of primary amides is 1. The number of carbonyl (C=O) groups excluding carboxylic acids is 2. The number of thiazole rings is 1. The van der Waals surface area contributed by atoms with E-state index in [4.69, 9.17) is 11.5 Å². The molecular formula is C10H15N5O2S. The van der Waals surface area contributed by atoms with Crippen molar-refractivity contribution in [3.8, 4) is 0 Å². The lowest BCUT2D eigenvalue weighted by Crippen LogP contribution is -2.31. The zero-order valence-electron chi connectivity index (χ0n) is 9.97. The molecule has 0 aliphatic carbocycles. The Morgan fingerprint density at radius 3 is 2.78 bits per heavy atom. The first-order valence-corrected chi connectivity index (χ1v) is 6.37. The van der Waals surface area contributed by atoms with Gasteiger partial charge < -0.3 is 21.7 Å². The smallest absolute Gasteiger partial charge is 0.267 e. The maximum absolute atomic E-state index is 12.2. The summed E-state index contributed by atoms with van der Waals surface area (Å²) in [5, 5.41) is 3.44. The SMILES string of the molecule is CNc1nc(N)c(C(=O)N2CCC(C(N)=O)C2)s1. The number of rotatable bonds is 3. The van der Waals surface area contributed by atoms with Crippen molar-refractivity contribution in [3.05, 3.63) is 4.88 Å². The molecule has 1 fully saturated rings. The average Bonchev–Trinajstić information content (AvgIpc) is 2.94. The van der Waals surface area contributed by atoms with Crippen LogP contribution < -0.4 is 16.8 Å². The van der Waals surface area contributed by atoms with E-state index in [-0.39, 0.29) is 23.6 Å². The second kappa shape index (κ2) is 4.81. The van der Waals surface area contributed by atoms with Crippen molar-refractivity contribution in [2.45, 2.75) is 6.42 Å².